The van der Waals surface area contributed by atoms with Crippen LogP contribution in [0.4, 0.5) is 17.1 Å². The zero-order chi connectivity index (χ0) is 45.5. The molecule has 3 aromatic rings. The number of fused-ring (bicyclic) bond motifs is 4. The predicted molar refractivity (Wildman–Crippen MR) is 256 cm³/mol. The number of carbonyl (C=O) groups excluding carboxylic acids is 2. The molecule has 2 amide bonds. The van der Waals surface area contributed by atoms with Gasteiger partial charge in [0.25, 0.3) is 11.8 Å². The molecule has 0 unspecified atom stereocenters. The van der Waals surface area contributed by atoms with Crippen molar-refractivity contribution in [2.24, 2.45) is 15.4 Å². The van der Waals surface area contributed by atoms with E-state index in [1.165, 1.54) is 0 Å². The highest BCUT2D eigenvalue weighted by molar-refractivity contribution is 7.99. The van der Waals surface area contributed by atoms with Crippen molar-refractivity contribution < 1.29 is 42.7 Å². The number of hydrogen-bond acceptors (Lipinski definition) is 14. The molecule has 4 aliphatic rings. The smallest absolute Gasteiger partial charge is 0.257 e. The highest BCUT2D eigenvalue weighted by Crippen LogP contribution is 2.41. The van der Waals surface area contributed by atoms with Crippen molar-refractivity contribution in [2.45, 2.75) is 56.6 Å². The molecule has 14 nitrogen and oxygen atoms in total. The summed E-state index contributed by atoms with van der Waals surface area (Å²) in [5.41, 5.74) is 6.21. The summed E-state index contributed by atoms with van der Waals surface area (Å²) < 4.78 is 41.1. The topological polar surface area (TPSA) is 133 Å². The molecule has 0 N–H and O–H groups in total. The van der Waals surface area contributed by atoms with Gasteiger partial charge in [0.05, 0.1) is 86.4 Å². The molecular weight excluding hydrogens is 855 g/mol. The molecule has 0 spiro atoms. The number of thiol groups is 2. The van der Waals surface area contributed by atoms with Crippen molar-refractivity contribution in [1.29, 1.82) is 0 Å². The summed E-state index contributed by atoms with van der Waals surface area (Å²) in [4.78, 5) is 42.6. The van der Waals surface area contributed by atoms with E-state index in [2.05, 4.69) is 44.0 Å². The van der Waals surface area contributed by atoms with Gasteiger partial charge in [0.15, 0.2) is 23.0 Å². The molecule has 3 aromatic carbocycles. The predicted octanol–water partition coefficient (Wildman–Crippen LogP) is 7.53. The fraction of sp³-hybridized carbons (Fsp3) is 0.458. The van der Waals surface area contributed by atoms with E-state index < -0.39 is 0 Å². The molecule has 16 heteroatoms. The van der Waals surface area contributed by atoms with Crippen molar-refractivity contribution in [3.8, 4) is 23.0 Å². The van der Waals surface area contributed by atoms with Crippen LogP contribution in [0.1, 0.15) is 58.5 Å². The van der Waals surface area contributed by atoms with E-state index in [0.717, 1.165) is 28.0 Å². The Hall–Kier alpha value is -5.00. The molecule has 0 saturated carbocycles. The molecule has 0 bridgehead atoms. The lowest BCUT2D eigenvalue weighted by atomic mass is 9.94. The molecule has 7 rings (SSSR count). The van der Waals surface area contributed by atoms with Crippen LogP contribution in [-0.2, 0) is 27.4 Å². The van der Waals surface area contributed by atoms with Crippen LogP contribution in [0.25, 0.3) is 0 Å². The first-order valence-corrected chi connectivity index (χ1v) is 22.4. The summed E-state index contributed by atoms with van der Waals surface area (Å²) in [5.74, 6) is 1.49. The van der Waals surface area contributed by atoms with Crippen molar-refractivity contribution >= 4 is 66.6 Å². The first kappa shape index (κ1) is 47.0. The van der Waals surface area contributed by atoms with Crippen LogP contribution < -0.4 is 23.8 Å². The van der Waals surface area contributed by atoms with Gasteiger partial charge in [-0.2, -0.15) is 25.3 Å². The fourth-order valence-electron chi connectivity index (χ4n) is 8.14. The SMILES string of the molecule is C=C1C[C@H]2C=Nc3cc(OCc4cc(COc5cc6c(cc5OC)C(=O)N5CC(=C)C[C@H]5C=N6)cc(N(CCOCCOCCOC)CC(C)(C)C(S)S)c4)c(OC)cc3C(=O)N2C1. The molecule has 2 saturated heterocycles. The second-order valence-electron chi connectivity index (χ2n) is 17.1. The van der Waals surface area contributed by atoms with E-state index in [9.17, 15) is 9.59 Å². The van der Waals surface area contributed by atoms with Crippen LogP contribution >= 0.6 is 25.3 Å². The molecular formula is C48H59N5O9S2. The zero-order valence-electron chi connectivity index (χ0n) is 37.3. The minimum atomic E-state index is -0.316. The highest BCUT2D eigenvalue weighted by Gasteiger charge is 2.36. The molecule has 0 aromatic heterocycles. The van der Waals surface area contributed by atoms with Gasteiger partial charge in [-0.25, -0.2) is 0 Å². The largest absolute Gasteiger partial charge is 0.493 e. The van der Waals surface area contributed by atoms with E-state index in [1.54, 1.807) is 55.4 Å². The summed E-state index contributed by atoms with van der Waals surface area (Å²) in [6, 6.07) is 12.8. The van der Waals surface area contributed by atoms with E-state index in [4.69, 9.17) is 68.4 Å². The minimum Gasteiger partial charge on any atom is -0.493 e. The summed E-state index contributed by atoms with van der Waals surface area (Å²) in [7, 11) is 4.75. The van der Waals surface area contributed by atoms with E-state index in [-0.39, 0.29) is 47.1 Å². The Morgan fingerprint density at radius 1 is 0.703 bits per heavy atom. The van der Waals surface area contributed by atoms with Gasteiger partial charge in [0.2, 0.25) is 0 Å². The van der Waals surface area contributed by atoms with Crippen molar-refractivity contribution in [3.05, 3.63) is 89.0 Å². The van der Waals surface area contributed by atoms with Gasteiger partial charge < -0.3 is 47.9 Å². The Morgan fingerprint density at radius 2 is 1.19 bits per heavy atom. The maximum Gasteiger partial charge on any atom is 0.257 e. The van der Waals surface area contributed by atoms with Gasteiger partial charge in [-0.1, -0.05) is 38.2 Å². The number of anilines is 1. The van der Waals surface area contributed by atoms with Crippen molar-refractivity contribution in [3.63, 3.8) is 0 Å². The third kappa shape index (κ3) is 10.9. The lowest BCUT2D eigenvalue weighted by Crippen LogP contribution is -2.40. The maximum absolute atomic E-state index is 13.7. The normalized spacial score (nSPS) is 17.9. The first-order valence-electron chi connectivity index (χ1n) is 21.4. The highest BCUT2D eigenvalue weighted by atomic mass is 32.2. The summed E-state index contributed by atoms with van der Waals surface area (Å²) in [6.07, 6.45) is 4.99. The Bertz CT molecular complexity index is 2170. The Kier molecular flexibility index (Phi) is 15.3. The Labute approximate surface area is 387 Å². The maximum atomic E-state index is 13.7. The van der Waals surface area contributed by atoms with Gasteiger partial charge in [-0.05, 0) is 54.3 Å². The molecule has 2 atom stereocenters. The number of aliphatic imine (C=N–C) groups is 2. The number of ether oxygens (including phenoxy) is 7. The van der Waals surface area contributed by atoms with Crippen LogP contribution in [0.15, 0.2) is 76.8 Å². The zero-order valence-corrected chi connectivity index (χ0v) is 39.1. The number of nitrogens with zero attached hydrogens (tertiary/aromatic N) is 5. The first-order chi connectivity index (χ1) is 30.8. The Balaban J connectivity index is 1.18. The quantitative estimate of drug-likeness (QED) is 0.0479. The Morgan fingerprint density at radius 3 is 1.66 bits per heavy atom. The van der Waals surface area contributed by atoms with Gasteiger partial charge in [-0.3, -0.25) is 19.6 Å². The molecule has 4 heterocycles. The van der Waals surface area contributed by atoms with E-state index >= 15 is 0 Å². The number of hydrogen-bond donors (Lipinski definition) is 2. The number of rotatable bonds is 21. The van der Waals surface area contributed by atoms with Crippen molar-refractivity contribution in [1.82, 2.24) is 9.80 Å². The number of amides is 2. The van der Waals surface area contributed by atoms with Gasteiger partial charge in [0.1, 0.15) is 13.2 Å². The third-order valence-electron chi connectivity index (χ3n) is 11.7. The van der Waals surface area contributed by atoms with E-state index in [1.807, 2.05) is 18.5 Å². The van der Waals surface area contributed by atoms with Gasteiger partial charge in [0, 0.05) is 69.0 Å². The number of benzene rings is 3. The standard InChI is InChI=1S/C48H59N5O9S2/c1-30-14-35-23-49-39-21-43(41(57-6)19-37(39)45(54)52(35)25-30)61-27-32-16-33(18-34(17-32)51(29-48(3,4)47(63)64)8-9-59-12-13-60-11-10-56-5)28-62-44-22-40-38(20-42(44)58-7)46(55)53-26-31(2)15-36(53)24-50-40/h16-24,35-36,47,63-64H,1-2,8-15,25-29H2,3-7H3/t35-,36-/m0/s1. The lowest BCUT2D eigenvalue weighted by molar-refractivity contribution is 0.0263. The van der Waals surface area contributed by atoms with Crippen molar-refractivity contribution in [2.75, 3.05) is 85.4 Å². The van der Waals surface area contributed by atoms with Crippen LogP contribution in [0.5, 0.6) is 23.0 Å². The number of methoxy groups -OCH3 is 3. The average molecular weight is 914 g/mol. The minimum absolute atomic E-state index is 0.121. The second kappa shape index (κ2) is 20.9. The summed E-state index contributed by atoms with van der Waals surface area (Å²) in [6.45, 7) is 17.3. The van der Waals surface area contributed by atoms with Crippen LogP contribution in [0, 0.1) is 5.41 Å². The second-order valence-corrected chi connectivity index (χ2v) is 18.5. The van der Waals surface area contributed by atoms with Gasteiger partial charge in [-0.15, -0.1) is 0 Å². The third-order valence-corrected chi connectivity index (χ3v) is 13.1. The van der Waals surface area contributed by atoms with Gasteiger partial charge >= 0.3 is 0 Å². The van der Waals surface area contributed by atoms with E-state index in [0.29, 0.717) is 118 Å². The molecule has 64 heavy (non-hydrogen) atoms. The molecule has 342 valence electrons. The molecule has 2 fully saturated rings. The van der Waals surface area contributed by atoms with Crippen LogP contribution in [0.2, 0.25) is 0 Å². The van der Waals surface area contributed by atoms with Crippen LogP contribution in [-0.4, -0.2) is 131 Å². The lowest BCUT2D eigenvalue weighted by Gasteiger charge is -2.36. The summed E-state index contributed by atoms with van der Waals surface area (Å²) >= 11 is 9.47. The molecule has 0 aliphatic carbocycles. The fourth-order valence-corrected chi connectivity index (χ4v) is 8.30. The molecule has 0 radical (unpaired) electrons. The monoisotopic (exact) mass is 913 g/mol. The summed E-state index contributed by atoms with van der Waals surface area (Å²) in [5, 5.41) is 0. The average Bonchev–Trinajstić information content (AvgIpc) is 3.79. The number of carbonyl (C=O) groups is 2. The molecule has 4 aliphatic heterocycles. The van der Waals surface area contributed by atoms with Crippen LogP contribution in [0.3, 0.4) is 0 Å².